The number of allylic oxidation sites excluding steroid dienone is 4. The Bertz CT molecular complexity index is 462. The molecule has 0 aromatic carbocycles. The maximum atomic E-state index is 2.59. The van der Waals surface area contributed by atoms with Crippen molar-refractivity contribution in [3.8, 4) is 0 Å². The molecule has 0 aromatic rings. The van der Waals surface area contributed by atoms with Crippen LogP contribution in [-0.4, -0.2) is 0 Å². The maximum absolute atomic E-state index is 2.59. The number of hydrogen-bond donors (Lipinski definition) is 0. The van der Waals surface area contributed by atoms with E-state index in [4.69, 9.17) is 0 Å². The molecule has 0 heteroatoms. The first-order chi connectivity index (χ1) is 9.33. The molecule has 20 heavy (non-hydrogen) atoms. The Morgan fingerprint density at radius 1 is 1.05 bits per heavy atom. The van der Waals surface area contributed by atoms with Gasteiger partial charge in [-0.25, -0.2) is 0 Å². The van der Waals surface area contributed by atoms with E-state index in [9.17, 15) is 0 Å². The van der Waals surface area contributed by atoms with Gasteiger partial charge in [0.25, 0.3) is 0 Å². The fraction of sp³-hybridized carbons (Fsp3) is 0.800. The summed E-state index contributed by atoms with van der Waals surface area (Å²) in [7, 11) is 0. The summed E-state index contributed by atoms with van der Waals surface area (Å²) in [4.78, 5) is 0. The summed E-state index contributed by atoms with van der Waals surface area (Å²) in [6.07, 6.45) is 12.1. The lowest BCUT2D eigenvalue weighted by atomic mass is 9.68. The molecular weight excluding hydrogens is 240 g/mol. The summed E-state index contributed by atoms with van der Waals surface area (Å²) >= 11 is 0. The van der Waals surface area contributed by atoms with Gasteiger partial charge in [0.05, 0.1) is 0 Å². The summed E-state index contributed by atoms with van der Waals surface area (Å²) in [5.41, 5.74) is 6.37. The lowest BCUT2D eigenvalue weighted by Gasteiger charge is -2.36. The fourth-order valence-corrected chi connectivity index (χ4v) is 5.85. The van der Waals surface area contributed by atoms with Gasteiger partial charge in [0, 0.05) is 0 Å². The summed E-state index contributed by atoms with van der Waals surface area (Å²) < 4.78 is 0. The zero-order valence-electron chi connectivity index (χ0n) is 14.2. The number of rotatable bonds is 0. The molecule has 0 spiro atoms. The summed E-state index contributed by atoms with van der Waals surface area (Å²) in [5.74, 6) is 1.80. The van der Waals surface area contributed by atoms with Crippen LogP contribution in [0.4, 0.5) is 0 Å². The third-order valence-electron chi connectivity index (χ3n) is 6.79. The van der Waals surface area contributed by atoms with Gasteiger partial charge in [-0.15, -0.1) is 0 Å². The predicted octanol–water partition coefficient (Wildman–Crippen LogP) is 6.29. The molecule has 0 aromatic heterocycles. The van der Waals surface area contributed by atoms with Crippen LogP contribution >= 0.6 is 0 Å². The molecule has 2 unspecified atom stereocenters. The zero-order chi connectivity index (χ0) is 14.5. The van der Waals surface area contributed by atoms with Crippen molar-refractivity contribution in [1.82, 2.24) is 0 Å². The normalized spacial score (nSPS) is 46.8. The molecule has 0 N–H and O–H groups in total. The van der Waals surface area contributed by atoms with Crippen LogP contribution in [-0.2, 0) is 0 Å². The van der Waals surface area contributed by atoms with Crippen LogP contribution in [0.3, 0.4) is 0 Å². The summed E-state index contributed by atoms with van der Waals surface area (Å²) in [6.45, 7) is 12.4. The Morgan fingerprint density at radius 2 is 1.80 bits per heavy atom. The number of hydrogen-bond acceptors (Lipinski definition) is 0. The largest absolute Gasteiger partial charge is 0.0853 e. The summed E-state index contributed by atoms with van der Waals surface area (Å²) in [6, 6.07) is 0. The highest BCUT2D eigenvalue weighted by molar-refractivity contribution is 5.29. The Morgan fingerprint density at radius 3 is 2.55 bits per heavy atom. The minimum atomic E-state index is 0.549. The molecule has 2 fully saturated rings. The van der Waals surface area contributed by atoms with E-state index in [1.54, 1.807) is 11.1 Å². The van der Waals surface area contributed by atoms with Crippen molar-refractivity contribution in [3.63, 3.8) is 0 Å². The predicted molar refractivity (Wildman–Crippen MR) is 87.6 cm³/mol. The van der Waals surface area contributed by atoms with Crippen molar-refractivity contribution in [2.24, 2.45) is 22.7 Å². The van der Waals surface area contributed by atoms with Crippen molar-refractivity contribution in [1.29, 1.82) is 0 Å². The van der Waals surface area contributed by atoms with Gasteiger partial charge < -0.3 is 0 Å². The van der Waals surface area contributed by atoms with E-state index in [2.05, 4.69) is 40.7 Å². The standard InChI is InChI=1S/C20H32/c1-14-7-6-8-15(2)17-13-20(5)12-11-19(3,4)18(20)16(17)10-9-14/h7,16,18H,6,8-13H2,1-5H3/b14-7+,17-15+/t16?,18?,20-/m1/s1. The first-order valence-corrected chi connectivity index (χ1v) is 8.68. The molecule has 3 aliphatic carbocycles. The topological polar surface area (TPSA) is 0 Å². The second-order valence-corrected chi connectivity index (χ2v) is 8.84. The third kappa shape index (κ3) is 2.20. The van der Waals surface area contributed by atoms with Crippen LogP contribution in [0.1, 0.15) is 79.6 Å². The second-order valence-electron chi connectivity index (χ2n) is 8.84. The van der Waals surface area contributed by atoms with Crippen molar-refractivity contribution >= 4 is 0 Å². The molecule has 112 valence electrons. The highest BCUT2D eigenvalue weighted by atomic mass is 14.6. The van der Waals surface area contributed by atoms with Crippen molar-refractivity contribution in [3.05, 3.63) is 22.8 Å². The molecule has 0 bridgehead atoms. The molecule has 3 rings (SSSR count). The molecule has 0 nitrogen and oxygen atoms in total. The van der Waals surface area contributed by atoms with Crippen LogP contribution in [0.15, 0.2) is 22.8 Å². The lowest BCUT2D eigenvalue weighted by Crippen LogP contribution is -2.30. The van der Waals surface area contributed by atoms with Crippen molar-refractivity contribution in [2.75, 3.05) is 0 Å². The van der Waals surface area contributed by atoms with E-state index in [0.29, 0.717) is 10.8 Å². The van der Waals surface area contributed by atoms with E-state index in [1.807, 2.05) is 5.57 Å². The van der Waals surface area contributed by atoms with E-state index in [-0.39, 0.29) is 0 Å². The van der Waals surface area contributed by atoms with E-state index in [0.717, 1.165) is 11.8 Å². The van der Waals surface area contributed by atoms with Crippen molar-refractivity contribution < 1.29 is 0 Å². The van der Waals surface area contributed by atoms with Crippen LogP contribution in [0.2, 0.25) is 0 Å². The summed E-state index contributed by atoms with van der Waals surface area (Å²) in [5, 5.41) is 0. The van der Waals surface area contributed by atoms with Crippen LogP contribution in [0, 0.1) is 22.7 Å². The highest BCUT2D eigenvalue weighted by Gasteiger charge is 2.57. The molecule has 3 atom stereocenters. The Kier molecular flexibility index (Phi) is 3.42. The Labute approximate surface area is 125 Å². The average molecular weight is 272 g/mol. The smallest absolute Gasteiger partial charge is 0.0159 e. The molecule has 0 aliphatic heterocycles. The molecule has 2 saturated carbocycles. The second kappa shape index (κ2) is 4.75. The van der Waals surface area contributed by atoms with Gasteiger partial charge in [0.1, 0.15) is 0 Å². The van der Waals surface area contributed by atoms with Gasteiger partial charge in [-0.1, -0.05) is 43.6 Å². The fourth-order valence-electron chi connectivity index (χ4n) is 5.85. The van der Waals surface area contributed by atoms with Crippen LogP contribution in [0.25, 0.3) is 0 Å². The molecule has 0 radical (unpaired) electrons. The number of fused-ring (bicyclic) bond motifs is 3. The molecule has 3 aliphatic rings. The monoisotopic (exact) mass is 272 g/mol. The van der Waals surface area contributed by atoms with Gasteiger partial charge in [-0.3, -0.25) is 0 Å². The lowest BCUT2D eigenvalue weighted by molar-refractivity contribution is 0.131. The zero-order valence-corrected chi connectivity index (χ0v) is 14.2. The third-order valence-corrected chi connectivity index (χ3v) is 6.79. The van der Waals surface area contributed by atoms with E-state index in [1.165, 1.54) is 44.9 Å². The molecular formula is C20H32. The quantitative estimate of drug-likeness (QED) is 0.455. The highest BCUT2D eigenvalue weighted by Crippen LogP contribution is 2.67. The minimum absolute atomic E-state index is 0.549. The maximum Gasteiger partial charge on any atom is -0.0159 e. The van der Waals surface area contributed by atoms with Crippen LogP contribution < -0.4 is 0 Å². The van der Waals surface area contributed by atoms with Gasteiger partial charge in [0.2, 0.25) is 0 Å². The van der Waals surface area contributed by atoms with Gasteiger partial charge in [-0.05, 0) is 81.5 Å². The van der Waals surface area contributed by atoms with Crippen LogP contribution in [0.5, 0.6) is 0 Å². The Balaban J connectivity index is 2.00. The van der Waals surface area contributed by atoms with E-state index < -0.39 is 0 Å². The first kappa shape index (κ1) is 14.4. The van der Waals surface area contributed by atoms with Gasteiger partial charge in [-0.2, -0.15) is 0 Å². The van der Waals surface area contributed by atoms with E-state index >= 15 is 0 Å². The van der Waals surface area contributed by atoms with Gasteiger partial charge in [0.15, 0.2) is 0 Å². The minimum Gasteiger partial charge on any atom is -0.0853 e. The molecule has 0 heterocycles. The SMILES string of the molecule is C/C1=C\CC/C(C)=C2\C[C@@]3(C)CCC(C)(C)C3C2CC1. The van der Waals surface area contributed by atoms with Gasteiger partial charge >= 0.3 is 0 Å². The Hall–Kier alpha value is -0.520. The molecule has 0 amide bonds. The first-order valence-electron chi connectivity index (χ1n) is 8.68. The molecule has 0 saturated heterocycles. The average Bonchev–Trinajstić information content (AvgIpc) is 2.80. The van der Waals surface area contributed by atoms with Crippen molar-refractivity contribution in [2.45, 2.75) is 79.6 Å².